The molecule has 2 unspecified atom stereocenters. The molecule has 2 saturated heterocycles. The molecule has 0 aromatic carbocycles. The van der Waals surface area contributed by atoms with Gasteiger partial charge in [0.1, 0.15) is 0 Å². The summed E-state index contributed by atoms with van der Waals surface area (Å²) in [6.07, 6.45) is 0.340. The zero-order valence-corrected chi connectivity index (χ0v) is 5.30. The first-order valence-electron chi connectivity index (χ1n) is 3.39. The molecule has 0 bridgehead atoms. The van der Waals surface area contributed by atoms with E-state index in [-0.39, 0.29) is 0 Å². The molecule has 3 heteroatoms. The quantitative estimate of drug-likeness (QED) is 0.472. The highest BCUT2D eigenvalue weighted by atomic mass is 16.6. The molecule has 3 nitrogen and oxygen atoms in total. The predicted molar refractivity (Wildman–Crippen MR) is 32.3 cm³/mol. The third kappa shape index (κ3) is 0.956. The van der Waals surface area contributed by atoms with E-state index in [1.165, 1.54) is 0 Å². The molecule has 52 valence electrons. The number of rotatable bonds is 0. The Bertz CT molecular complexity index is 95.2. The maximum atomic E-state index is 5.24. The molecule has 2 aliphatic heterocycles. The molecule has 2 atom stereocenters. The zero-order chi connectivity index (χ0) is 6.10. The van der Waals surface area contributed by atoms with Crippen molar-refractivity contribution in [3.05, 3.63) is 0 Å². The molecule has 0 spiro atoms. The molecule has 0 amide bonds. The minimum atomic E-state index is 0.340. The van der Waals surface area contributed by atoms with Crippen molar-refractivity contribution in [2.24, 2.45) is 0 Å². The van der Waals surface area contributed by atoms with Gasteiger partial charge in [-0.15, -0.1) is 0 Å². The molecule has 0 aromatic heterocycles. The summed E-state index contributed by atoms with van der Waals surface area (Å²) in [5, 5.41) is 3.33. The van der Waals surface area contributed by atoms with Crippen LogP contribution in [0.25, 0.3) is 0 Å². The smallest absolute Gasteiger partial charge is 0.0984 e. The molecule has 9 heavy (non-hydrogen) atoms. The zero-order valence-electron chi connectivity index (χ0n) is 5.30. The van der Waals surface area contributed by atoms with Gasteiger partial charge in [-0.1, -0.05) is 0 Å². The van der Waals surface area contributed by atoms with Crippen molar-refractivity contribution in [1.29, 1.82) is 0 Å². The average molecular weight is 129 g/mol. The van der Waals surface area contributed by atoms with Gasteiger partial charge in [-0.3, -0.25) is 0 Å². The second-order valence-electron chi connectivity index (χ2n) is 2.51. The topological polar surface area (TPSA) is 30.5 Å². The van der Waals surface area contributed by atoms with Gasteiger partial charge in [-0.2, -0.15) is 0 Å². The maximum Gasteiger partial charge on any atom is 0.0984 e. The molecular weight excluding hydrogens is 118 g/mol. The summed E-state index contributed by atoms with van der Waals surface area (Å²) in [4.78, 5) is 0. The van der Waals surface area contributed by atoms with Crippen LogP contribution in [0, 0.1) is 0 Å². The second kappa shape index (κ2) is 2.25. The summed E-state index contributed by atoms with van der Waals surface area (Å²) in [5.74, 6) is 0. The van der Waals surface area contributed by atoms with E-state index in [1.54, 1.807) is 0 Å². The molecule has 2 rings (SSSR count). The number of hydrogen-bond acceptors (Lipinski definition) is 3. The van der Waals surface area contributed by atoms with Crippen molar-refractivity contribution in [3.63, 3.8) is 0 Å². The predicted octanol–water partition coefficient (Wildman–Crippen LogP) is -0.626. The summed E-state index contributed by atoms with van der Waals surface area (Å²) in [6, 6.07) is 0.576. The molecule has 2 heterocycles. The van der Waals surface area contributed by atoms with Gasteiger partial charge in [0.15, 0.2) is 0 Å². The number of hydrogen-bond donors (Lipinski definition) is 1. The Kier molecular flexibility index (Phi) is 1.41. The summed E-state index contributed by atoms with van der Waals surface area (Å²) < 4.78 is 10.5. The molecule has 2 aliphatic rings. The molecule has 0 radical (unpaired) electrons. The van der Waals surface area contributed by atoms with Crippen LogP contribution in [0.4, 0.5) is 0 Å². The van der Waals surface area contributed by atoms with Gasteiger partial charge in [0.25, 0.3) is 0 Å². The summed E-state index contributed by atoms with van der Waals surface area (Å²) in [5.41, 5.74) is 0. The van der Waals surface area contributed by atoms with E-state index in [0.29, 0.717) is 12.1 Å². The van der Waals surface area contributed by atoms with E-state index in [0.717, 1.165) is 26.4 Å². The van der Waals surface area contributed by atoms with E-state index in [2.05, 4.69) is 5.32 Å². The van der Waals surface area contributed by atoms with Gasteiger partial charge >= 0.3 is 0 Å². The van der Waals surface area contributed by atoms with Crippen molar-refractivity contribution in [2.75, 3.05) is 26.4 Å². The van der Waals surface area contributed by atoms with Crippen molar-refractivity contribution in [1.82, 2.24) is 5.32 Å². The summed E-state index contributed by atoms with van der Waals surface area (Å²) in [7, 11) is 0. The number of fused-ring (bicyclic) bond motifs is 1. The molecule has 0 saturated carbocycles. The molecule has 0 aromatic rings. The Morgan fingerprint density at radius 1 is 1.33 bits per heavy atom. The summed E-state index contributed by atoms with van der Waals surface area (Å²) in [6.45, 7) is 3.45. The van der Waals surface area contributed by atoms with Gasteiger partial charge in [0, 0.05) is 6.54 Å². The molecular formula is C6H11NO2. The highest BCUT2D eigenvalue weighted by Crippen LogP contribution is 2.14. The van der Waals surface area contributed by atoms with Crippen LogP contribution in [0.5, 0.6) is 0 Å². The lowest BCUT2D eigenvalue weighted by molar-refractivity contribution is -0.106. The fourth-order valence-electron chi connectivity index (χ4n) is 1.20. The van der Waals surface area contributed by atoms with Crippen molar-refractivity contribution >= 4 is 0 Å². The van der Waals surface area contributed by atoms with Crippen molar-refractivity contribution in [3.8, 4) is 0 Å². The van der Waals surface area contributed by atoms with Gasteiger partial charge in [0.05, 0.1) is 32.0 Å². The van der Waals surface area contributed by atoms with Gasteiger partial charge < -0.3 is 14.8 Å². The second-order valence-corrected chi connectivity index (χ2v) is 2.51. The minimum absolute atomic E-state index is 0.340. The third-order valence-electron chi connectivity index (χ3n) is 1.87. The van der Waals surface area contributed by atoms with Gasteiger partial charge in [-0.05, 0) is 0 Å². The van der Waals surface area contributed by atoms with Crippen molar-refractivity contribution < 1.29 is 9.47 Å². The van der Waals surface area contributed by atoms with Crippen LogP contribution in [0.15, 0.2) is 0 Å². The van der Waals surface area contributed by atoms with Crippen LogP contribution in [0.3, 0.4) is 0 Å². The van der Waals surface area contributed by atoms with Gasteiger partial charge in [-0.25, -0.2) is 0 Å². The first-order valence-corrected chi connectivity index (χ1v) is 3.39. The van der Waals surface area contributed by atoms with Crippen LogP contribution in [0.1, 0.15) is 0 Å². The van der Waals surface area contributed by atoms with E-state index in [9.17, 15) is 0 Å². The average Bonchev–Trinajstić information content (AvgIpc) is 1.94. The maximum absolute atomic E-state index is 5.24. The van der Waals surface area contributed by atoms with Crippen LogP contribution < -0.4 is 5.32 Å². The highest BCUT2D eigenvalue weighted by Gasteiger charge is 2.32. The SMILES string of the molecule is C1COCC2OCC2N1. The van der Waals surface area contributed by atoms with E-state index in [1.807, 2.05) is 0 Å². The van der Waals surface area contributed by atoms with E-state index >= 15 is 0 Å². The standard InChI is InChI=1S/C6H11NO2/c1-2-8-4-6-5(7-1)3-9-6/h5-7H,1-4H2. The third-order valence-corrected chi connectivity index (χ3v) is 1.87. The highest BCUT2D eigenvalue weighted by molar-refractivity contribution is 4.86. The lowest BCUT2D eigenvalue weighted by Gasteiger charge is -2.34. The Balaban J connectivity index is 1.90. The van der Waals surface area contributed by atoms with E-state index in [4.69, 9.17) is 9.47 Å². The first kappa shape index (κ1) is 5.65. The Hall–Kier alpha value is -0.120. The molecule has 2 fully saturated rings. The minimum Gasteiger partial charge on any atom is -0.377 e. The van der Waals surface area contributed by atoms with Crippen molar-refractivity contribution in [2.45, 2.75) is 12.1 Å². The van der Waals surface area contributed by atoms with E-state index < -0.39 is 0 Å². The lowest BCUT2D eigenvalue weighted by atomic mass is 10.1. The first-order chi connectivity index (χ1) is 4.47. The Labute approximate surface area is 54.3 Å². The monoisotopic (exact) mass is 129 g/mol. The Morgan fingerprint density at radius 2 is 2.33 bits per heavy atom. The largest absolute Gasteiger partial charge is 0.377 e. The van der Waals surface area contributed by atoms with Crippen LogP contribution in [-0.2, 0) is 9.47 Å². The Morgan fingerprint density at radius 3 is 3.11 bits per heavy atom. The fraction of sp³-hybridized carbons (Fsp3) is 1.00. The van der Waals surface area contributed by atoms with Crippen LogP contribution >= 0.6 is 0 Å². The number of ether oxygens (including phenoxy) is 2. The number of nitrogens with one attached hydrogen (secondary N) is 1. The lowest BCUT2D eigenvalue weighted by Crippen LogP contribution is -2.54. The molecule has 1 N–H and O–H groups in total. The fourth-order valence-corrected chi connectivity index (χ4v) is 1.20. The van der Waals surface area contributed by atoms with Crippen LogP contribution in [-0.4, -0.2) is 38.5 Å². The normalized spacial score (nSPS) is 42.7. The molecule has 0 aliphatic carbocycles. The van der Waals surface area contributed by atoms with Gasteiger partial charge in [0.2, 0.25) is 0 Å². The summed E-state index contributed by atoms with van der Waals surface area (Å²) >= 11 is 0. The van der Waals surface area contributed by atoms with Crippen LogP contribution in [0.2, 0.25) is 0 Å².